The lowest BCUT2D eigenvalue weighted by atomic mass is 10.1. The van der Waals surface area contributed by atoms with E-state index in [1.807, 2.05) is 30.3 Å². The van der Waals surface area contributed by atoms with Crippen LogP contribution in [0.4, 0.5) is 0 Å². The second-order valence-corrected chi connectivity index (χ2v) is 5.43. The molecule has 0 spiro atoms. The number of hydrazone groups is 1. The number of nitrogens with zero attached hydrogens (tertiary/aromatic N) is 1. The van der Waals surface area contributed by atoms with Crippen molar-refractivity contribution < 1.29 is 24.2 Å². The first-order valence-electron chi connectivity index (χ1n) is 7.93. The van der Waals surface area contributed by atoms with Gasteiger partial charge in [0.05, 0.1) is 19.7 Å². The van der Waals surface area contributed by atoms with Gasteiger partial charge in [-0.2, -0.15) is 5.10 Å². The third kappa shape index (κ3) is 5.34. The number of carbonyl (C=O) groups excluding carboxylic acids is 1. The van der Waals surface area contributed by atoms with E-state index in [-0.39, 0.29) is 18.1 Å². The van der Waals surface area contributed by atoms with Gasteiger partial charge in [-0.15, -0.1) is 0 Å². The number of benzene rings is 2. The molecule has 1 atom stereocenters. The van der Waals surface area contributed by atoms with Crippen LogP contribution in [-0.4, -0.2) is 36.4 Å². The summed E-state index contributed by atoms with van der Waals surface area (Å²) >= 11 is 0. The van der Waals surface area contributed by atoms with Crippen molar-refractivity contribution in [3.05, 3.63) is 59.7 Å². The molecule has 136 valence electrons. The SMILES string of the molecule is COc1cccc(/C=N\NC(=O)Cc2ccccc2)c1O[C@H](C)C(=O)O. The first-order valence-corrected chi connectivity index (χ1v) is 7.93. The molecule has 2 aromatic carbocycles. The minimum absolute atomic E-state index is 0.204. The average Bonchev–Trinajstić information content (AvgIpc) is 2.63. The molecule has 7 heteroatoms. The number of ether oxygens (including phenoxy) is 2. The number of para-hydroxylation sites is 1. The Hall–Kier alpha value is -3.35. The Morgan fingerprint density at radius 2 is 1.92 bits per heavy atom. The van der Waals surface area contributed by atoms with E-state index in [0.29, 0.717) is 11.3 Å². The van der Waals surface area contributed by atoms with Gasteiger partial charge >= 0.3 is 5.97 Å². The number of amides is 1. The molecule has 7 nitrogen and oxygen atoms in total. The highest BCUT2D eigenvalue weighted by molar-refractivity contribution is 5.87. The maximum Gasteiger partial charge on any atom is 0.344 e. The Bertz CT molecular complexity index is 790. The van der Waals surface area contributed by atoms with Gasteiger partial charge in [-0.05, 0) is 24.6 Å². The van der Waals surface area contributed by atoms with Crippen LogP contribution in [-0.2, 0) is 16.0 Å². The first kappa shape index (κ1) is 19.0. The molecule has 26 heavy (non-hydrogen) atoms. The summed E-state index contributed by atoms with van der Waals surface area (Å²) < 4.78 is 10.7. The van der Waals surface area contributed by atoms with Crippen LogP contribution in [0.5, 0.6) is 11.5 Å². The standard InChI is InChI=1S/C19H20N2O5/c1-13(19(23)24)26-18-15(9-6-10-16(18)25-2)12-20-21-17(22)11-14-7-4-3-5-8-14/h3-10,12-13H,11H2,1-2H3,(H,21,22)(H,23,24)/b20-12-/t13-/m1/s1. The second kappa shape index (κ2) is 9.22. The molecular weight excluding hydrogens is 336 g/mol. The van der Waals surface area contributed by atoms with Gasteiger partial charge in [0.1, 0.15) is 0 Å². The third-order valence-electron chi connectivity index (χ3n) is 3.47. The smallest absolute Gasteiger partial charge is 0.344 e. The maximum atomic E-state index is 11.9. The second-order valence-electron chi connectivity index (χ2n) is 5.43. The van der Waals surface area contributed by atoms with Crippen LogP contribution in [0.3, 0.4) is 0 Å². The molecule has 0 radical (unpaired) electrons. The van der Waals surface area contributed by atoms with Crippen LogP contribution in [0.15, 0.2) is 53.6 Å². The number of nitrogens with one attached hydrogen (secondary N) is 1. The number of hydrogen-bond donors (Lipinski definition) is 2. The highest BCUT2D eigenvalue weighted by Crippen LogP contribution is 2.31. The predicted molar refractivity (Wildman–Crippen MR) is 96.6 cm³/mol. The van der Waals surface area contributed by atoms with Crippen molar-refractivity contribution in [1.29, 1.82) is 0 Å². The van der Waals surface area contributed by atoms with Crippen molar-refractivity contribution in [2.75, 3.05) is 7.11 Å². The number of hydrogen-bond acceptors (Lipinski definition) is 5. The van der Waals surface area contributed by atoms with Gasteiger partial charge in [-0.3, -0.25) is 4.79 Å². The van der Waals surface area contributed by atoms with Crippen molar-refractivity contribution >= 4 is 18.1 Å². The van der Waals surface area contributed by atoms with E-state index in [9.17, 15) is 9.59 Å². The molecule has 2 aromatic rings. The van der Waals surface area contributed by atoms with Gasteiger partial charge in [-0.25, -0.2) is 10.2 Å². The maximum absolute atomic E-state index is 11.9. The Kier molecular flexibility index (Phi) is 6.73. The molecule has 0 fully saturated rings. The lowest BCUT2D eigenvalue weighted by Crippen LogP contribution is -2.24. The van der Waals surface area contributed by atoms with Gasteiger partial charge in [0.15, 0.2) is 17.6 Å². The van der Waals surface area contributed by atoms with Crippen molar-refractivity contribution in [2.45, 2.75) is 19.4 Å². The Balaban J connectivity index is 2.09. The molecule has 0 aromatic heterocycles. The van der Waals surface area contributed by atoms with Crippen LogP contribution in [0.25, 0.3) is 0 Å². The quantitative estimate of drug-likeness (QED) is 0.558. The Labute approximate surface area is 151 Å². The van der Waals surface area contributed by atoms with Gasteiger partial charge in [0, 0.05) is 5.56 Å². The monoisotopic (exact) mass is 356 g/mol. The molecule has 0 saturated carbocycles. The summed E-state index contributed by atoms with van der Waals surface area (Å²) in [5.74, 6) is -0.754. The van der Waals surface area contributed by atoms with E-state index in [2.05, 4.69) is 10.5 Å². The zero-order valence-electron chi connectivity index (χ0n) is 14.5. The summed E-state index contributed by atoms with van der Waals surface area (Å²) in [5, 5.41) is 12.9. The summed E-state index contributed by atoms with van der Waals surface area (Å²) in [6, 6.07) is 14.3. The minimum Gasteiger partial charge on any atom is -0.493 e. The summed E-state index contributed by atoms with van der Waals surface area (Å²) in [5.41, 5.74) is 3.80. The molecular formula is C19H20N2O5. The molecule has 0 saturated heterocycles. The topological polar surface area (TPSA) is 97.2 Å². The molecule has 0 heterocycles. The largest absolute Gasteiger partial charge is 0.493 e. The van der Waals surface area contributed by atoms with Crippen LogP contribution >= 0.6 is 0 Å². The highest BCUT2D eigenvalue weighted by Gasteiger charge is 2.17. The van der Waals surface area contributed by atoms with Gasteiger partial charge in [0.2, 0.25) is 5.91 Å². The van der Waals surface area contributed by atoms with Crippen molar-refractivity contribution in [2.24, 2.45) is 5.10 Å². The number of methoxy groups -OCH3 is 1. The summed E-state index contributed by atoms with van der Waals surface area (Å²) in [6.07, 6.45) is 0.525. The predicted octanol–water partition coefficient (Wildman–Crippen LogP) is 2.24. The van der Waals surface area contributed by atoms with E-state index in [1.54, 1.807) is 18.2 Å². The molecule has 2 N–H and O–H groups in total. The van der Waals surface area contributed by atoms with E-state index < -0.39 is 12.1 Å². The highest BCUT2D eigenvalue weighted by atomic mass is 16.5. The number of rotatable bonds is 8. The Morgan fingerprint density at radius 3 is 2.58 bits per heavy atom. The number of carboxylic acids is 1. The van der Waals surface area contributed by atoms with E-state index in [4.69, 9.17) is 14.6 Å². The zero-order chi connectivity index (χ0) is 18.9. The van der Waals surface area contributed by atoms with E-state index >= 15 is 0 Å². The fourth-order valence-electron chi connectivity index (χ4n) is 2.14. The molecule has 1 amide bonds. The average molecular weight is 356 g/mol. The van der Waals surface area contributed by atoms with Crippen molar-refractivity contribution in [3.8, 4) is 11.5 Å². The fourth-order valence-corrected chi connectivity index (χ4v) is 2.14. The first-order chi connectivity index (χ1) is 12.5. The number of carbonyl (C=O) groups is 2. The van der Waals surface area contributed by atoms with Crippen LogP contribution in [0.1, 0.15) is 18.1 Å². The zero-order valence-corrected chi connectivity index (χ0v) is 14.5. The molecule has 0 aliphatic heterocycles. The normalized spacial score (nSPS) is 11.8. The van der Waals surface area contributed by atoms with Gasteiger partial charge < -0.3 is 14.6 Å². The van der Waals surface area contributed by atoms with Crippen molar-refractivity contribution in [1.82, 2.24) is 5.43 Å². The molecule has 0 aliphatic carbocycles. The van der Waals surface area contributed by atoms with Crippen LogP contribution < -0.4 is 14.9 Å². The summed E-state index contributed by atoms with van der Waals surface area (Å²) in [7, 11) is 1.45. The molecule has 0 aliphatic rings. The van der Waals surface area contributed by atoms with E-state index in [1.165, 1.54) is 20.2 Å². The van der Waals surface area contributed by atoms with Gasteiger partial charge in [-0.1, -0.05) is 36.4 Å². The minimum atomic E-state index is -1.10. The summed E-state index contributed by atoms with van der Waals surface area (Å²) in [4.78, 5) is 23.0. The van der Waals surface area contributed by atoms with Crippen molar-refractivity contribution in [3.63, 3.8) is 0 Å². The molecule has 0 bridgehead atoms. The fraction of sp³-hybridized carbons (Fsp3) is 0.211. The third-order valence-corrected chi connectivity index (χ3v) is 3.47. The molecule has 2 rings (SSSR count). The lowest BCUT2D eigenvalue weighted by molar-refractivity contribution is -0.144. The molecule has 0 unspecified atom stereocenters. The Morgan fingerprint density at radius 1 is 1.19 bits per heavy atom. The van der Waals surface area contributed by atoms with E-state index in [0.717, 1.165) is 5.56 Å². The number of carboxylic acid groups (broad SMARTS) is 1. The lowest BCUT2D eigenvalue weighted by Gasteiger charge is -2.15. The van der Waals surface area contributed by atoms with Crippen LogP contribution in [0, 0.1) is 0 Å². The van der Waals surface area contributed by atoms with Crippen LogP contribution in [0.2, 0.25) is 0 Å². The summed E-state index contributed by atoms with van der Waals surface area (Å²) in [6.45, 7) is 1.41. The number of aliphatic carboxylic acids is 1. The van der Waals surface area contributed by atoms with Gasteiger partial charge in [0.25, 0.3) is 0 Å².